The summed E-state index contributed by atoms with van der Waals surface area (Å²) in [4.78, 5) is 16.4. The van der Waals surface area contributed by atoms with Gasteiger partial charge in [0, 0.05) is 18.6 Å². The van der Waals surface area contributed by atoms with E-state index in [1.54, 1.807) is 19.4 Å². The van der Waals surface area contributed by atoms with Crippen LogP contribution in [0.2, 0.25) is 0 Å². The van der Waals surface area contributed by atoms with Crippen LogP contribution in [0.3, 0.4) is 0 Å². The van der Waals surface area contributed by atoms with Crippen LogP contribution in [0.4, 0.5) is 5.69 Å². The maximum Gasteiger partial charge on any atom is 0.230 e. The summed E-state index contributed by atoms with van der Waals surface area (Å²) in [6.45, 7) is 3.02. The van der Waals surface area contributed by atoms with Crippen molar-refractivity contribution in [3.63, 3.8) is 0 Å². The molecule has 20 heavy (non-hydrogen) atoms. The topological polar surface area (TPSA) is 60.5 Å². The van der Waals surface area contributed by atoms with Crippen molar-refractivity contribution in [2.24, 2.45) is 5.41 Å². The molecule has 1 aliphatic rings. The van der Waals surface area contributed by atoms with Crippen molar-refractivity contribution in [2.75, 3.05) is 25.6 Å². The zero-order valence-corrected chi connectivity index (χ0v) is 12.1. The second-order valence-electron chi connectivity index (χ2n) is 5.45. The van der Waals surface area contributed by atoms with Crippen LogP contribution < -0.4 is 10.1 Å². The summed E-state index contributed by atoms with van der Waals surface area (Å²) in [5.74, 6) is 0.622. The number of aromatic nitrogens is 1. The third kappa shape index (κ3) is 3.70. The number of ether oxygens (including phenoxy) is 2. The number of hydrogen-bond acceptors (Lipinski definition) is 4. The first-order valence-electron chi connectivity index (χ1n) is 7.03. The van der Waals surface area contributed by atoms with E-state index in [-0.39, 0.29) is 11.3 Å². The van der Waals surface area contributed by atoms with E-state index in [1.165, 1.54) is 0 Å². The first-order chi connectivity index (χ1) is 9.64. The Kier molecular flexibility index (Phi) is 4.95. The highest BCUT2D eigenvalue weighted by Crippen LogP contribution is 2.38. The maximum atomic E-state index is 12.2. The summed E-state index contributed by atoms with van der Waals surface area (Å²) in [6, 6.07) is 3.56. The van der Waals surface area contributed by atoms with Crippen molar-refractivity contribution in [3.8, 4) is 5.88 Å². The number of hydrogen-bond donors (Lipinski definition) is 1. The number of carbonyl (C=O) groups excluding carboxylic acids is 1. The Morgan fingerprint density at radius 2 is 2.10 bits per heavy atom. The molecule has 1 aromatic heterocycles. The molecule has 2 rings (SSSR count). The van der Waals surface area contributed by atoms with Gasteiger partial charge in [-0.3, -0.25) is 4.79 Å². The normalized spacial score (nSPS) is 16.9. The van der Waals surface area contributed by atoms with Gasteiger partial charge in [-0.15, -0.1) is 0 Å². The molecule has 0 aromatic carbocycles. The predicted octanol–water partition coefficient (Wildman–Crippen LogP) is 2.63. The van der Waals surface area contributed by atoms with Gasteiger partial charge in [-0.2, -0.15) is 0 Å². The predicted molar refractivity (Wildman–Crippen MR) is 76.8 cm³/mol. The summed E-state index contributed by atoms with van der Waals surface area (Å²) in [5.41, 5.74) is 0.482. The van der Waals surface area contributed by atoms with Crippen LogP contribution in [0.1, 0.15) is 32.6 Å². The van der Waals surface area contributed by atoms with Crippen molar-refractivity contribution in [1.29, 1.82) is 0 Å². The van der Waals surface area contributed by atoms with Gasteiger partial charge in [-0.25, -0.2) is 4.98 Å². The molecule has 1 N–H and O–H groups in total. The number of amides is 1. The zero-order valence-electron chi connectivity index (χ0n) is 12.1. The van der Waals surface area contributed by atoms with Crippen LogP contribution in [0.25, 0.3) is 0 Å². The van der Waals surface area contributed by atoms with Gasteiger partial charge in [-0.1, -0.05) is 19.8 Å². The molecule has 1 amide bonds. The van der Waals surface area contributed by atoms with Crippen molar-refractivity contribution in [1.82, 2.24) is 4.98 Å². The molecule has 1 fully saturated rings. The van der Waals surface area contributed by atoms with Gasteiger partial charge >= 0.3 is 0 Å². The van der Waals surface area contributed by atoms with Crippen LogP contribution in [-0.2, 0) is 9.53 Å². The summed E-state index contributed by atoms with van der Waals surface area (Å²) in [5, 5.41) is 2.94. The Balaban J connectivity index is 1.88. The van der Waals surface area contributed by atoms with Gasteiger partial charge in [0.2, 0.25) is 11.8 Å². The van der Waals surface area contributed by atoms with E-state index < -0.39 is 0 Å². The molecule has 1 heterocycles. The third-order valence-corrected chi connectivity index (χ3v) is 3.79. The van der Waals surface area contributed by atoms with Gasteiger partial charge in [0.05, 0.1) is 18.5 Å². The fraction of sp³-hybridized carbons (Fsp3) is 0.600. The SMILES string of the molecule is COCCOc1ccc(NC(=O)C2(C)CCCC2)cn1. The zero-order chi connectivity index (χ0) is 14.4. The highest BCUT2D eigenvalue weighted by Gasteiger charge is 2.36. The van der Waals surface area contributed by atoms with Gasteiger partial charge in [-0.05, 0) is 18.9 Å². The van der Waals surface area contributed by atoms with Crippen LogP contribution in [0, 0.1) is 5.41 Å². The van der Waals surface area contributed by atoms with E-state index in [1.807, 2.05) is 13.0 Å². The van der Waals surface area contributed by atoms with Gasteiger partial charge in [0.25, 0.3) is 0 Å². The van der Waals surface area contributed by atoms with Crippen molar-refractivity contribution >= 4 is 11.6 Å². The molecule has 5 heteroatoms. The molecule has 0 atom stereocenters. The third-order valence-electron chi connectivity index (χ3n) is 3.79. The monoisotopic (exact) mass is 278 g/mol. The average molecular weight is 278 g/mol. The number of anilines is 1. The molecule has 0 radical (unpaired) electrons. The molecular formula is C15H22N2O3. The molecular weight excluding hydrogens is 256 g/mol. The Bertz CT molecular complexity index is 439. The molecule has 0 bridgehead atoms. The molecule has 110 valence electrons. The first-order valence-corrected chi connectivity index (χ1v) is 7.03. The highest BCUT2D eigenvalue weighted by molar-refractivity contribution is 5.95. The van der Waals surface area contributed by atoms with E-state index in [4.69, 9.17) is 9.47 Å². The van der Waals surface area contributed by atoms with Crippen molar-refractivity contribution < 1.29 is 14.3 Å². The standard InChI is InChI=1S/C15H22N2O3/c1-15(7-3-4-8-15)14(18)17-12-5-6-13(16-11-12)20-10-9-19-2/h5-6,11H,3-4,7-10H2,1-2H3,(H,17,18). The summed E-state index contributed by atoms with van der Waals surface area (Å²) in [7, 11) is 1.62. The van der Waals surface area contributed by atoms with Crippen molar-refractivity contribution in [3.05, 3.63) is 18.3 Å². The minimum atomic E-state index is -0.229. The maximum absolute atomic E-state index is 12.2. The number of nitrogens with one attached hydrogen (secondary N) is 1. The molecule has 5 nitrogen and oxygen atoms in total. The van der Waals surface area contributed by atoms with Crippen LogP contribution in [-0.4, -0.2) is 31.2 Å². The quantitative estimate of drug-likeness (QED) is 0.813. The minimum Gasteiger partial charge on any atom is -0.475 e. The molecule has 1 aromatic rings. The second-order valence-corrected chi connectivity index (χ2v) is 5.45. The molecule has 0 spiro atoms. The van der Waals surface area contributed by atoms with Crippen LogP contribution >= 0.6 is 0 Å². The minimum absolute atomic E-state index is 0.0878. The van der Waals surface area contributed by atoms with Gasteiger partial charge < -0.3 is 14.8 Å². The van der Waals surface area contributed by atoms with Gasteiger partial charge in [0.1, 0.15) is 6.61 Å². The van der Waals surface area contributed by atoms with E-state index in [0.717, 1.165) is 25.7 Å². The largest absolute Gasteiger partial charge is 0.475 e. The smallest absolute Gasteiger partial charge is 0.230 e. The Hall–Kier alpha value is -1.62. The number of nitrogens with zero attached hydrogens (tertiary/aromatic N) is 1. The fourth-order valence-electron chi connectivity index (χ4n) is 2.43. The van der Waals surface area contributed by atoms with E-state index in [2.05, 4.69) is 10.3 Å². The lowest BCUT2D eigenvalue weighted by molar-refractivity contribution is -0.124. The summed E-state index contributed by atoms with van der Waals surface area (Å²) >= 11 is 0. The lowest BCUT2D eigenvalue weighted by Crippen LogP contribution is -2.30. The van der Waals surface area contributed by atoms with E-state index >= 15 is 0 Å². The molecule has 1 aliphatic carbocycles. The average Bonchev–Trinajstić information content (AvgIpc) is 2.89. The summed E-state index contributed by atoms with van der Waals surface area (Å²) in [6.07, 6.45) is 5.82. The Morgan fingerprint density at radius 3 is 2.70 bits per heavy atom. The number of methoxy groups -OCH3 is 1. The van der Waals surface area contributed by atoms with E-state index in [9.17, 15) is 4.79 Å². The van der Waals surface area contributed by atoms with Crippen molar-refractivity contribution in [2.45, 2.75) is 32.6 Å². The molecule has 1 saturated carbocycles. The lowest BCUT2D eigenvalue weighted by Gasteiger charge is -2.22. The number of carbonyl (C=O) groups is 1. The highest BCUT2D eigenvalue weighted by atomic mass is 16.5. The van der Waals surface area contributed by atoms with Gasteiger partial charge in [0.15, 0.2) is 0 Å². The number of rotatable bonds is 6. The Morgan fingerprint density at radius 1 is 1.35 bits per heavy atom. The Labute approximate surface area is 119 Å². The fourth-order valence-corrected chi connectivity index (χ4v) is 2.43. The first kappa shape index (κ1) is 14.8. The molecule has 0 unspecified atom stereocenters. The second kappa shape index (κ2) is 6.70. The lowest BCUT2D eigenvalue weighted by atomic mass is 9.88. The van der Waals surface area contributed by atoms with Crippen LogP contribution in [0.5, 0.6) is 5.88 Å². The molecule has 0 aliphatic heterocycles. The van der Waals surface area contributed by atoms with E-state index in [0.29, 0.717) is 24.8 Å². The molecule has 0 saturated heterocycles. The number of pyridine rings is 1. The van der Waals surface area contributed by atoms with Crippen LogP contribution in [0.15, 0.2) is 18.3 Å². The summed E-state index contributed by atoms with van der Waals surface area (Å²) < 4.78 is 10.3.